The van der Waals surface area contributed by atoms with Gasteiger partial charge in [0.05, 0.1) is 10.3 Å². The maximum absolute atomic E-state index is 12.0. The van der Waals surface area contributed by atoms with Gasteiger partial charge in [0.1, 0.15) is 0 Å². The zero-order valence-electron chi connectivity index (χ0n) is 11.7. The minimum absolute atomic E-state index is 0.105. The normalized spacial score (nSPS) is 12.4. The Morgan fingerprint density at radius 1 is 0.957 bits per heavy atom. The maximum atomic E-state index is 12.0. The molecule has 9 heteroatoms. The highest BCUT2D eigenvalue weighted by atomic mass is 35.5. The van der Waals surface area contributed by atoms with Gasteiger partial charge in [-0.2, -0.15) is 0 Å². The summed E-state index contributed by atoms with van der Waals surface area (Å²) < 4.78 is 48.5. The zero-order chi connectivity index (χ0) is 17.1. The first kappa shape index (κ1) is 17.5. The van der Waals surface area contributed by atoms with E-state index < -0.39 is 20.0 Å². The molecular weight excluding hydrogens is 360 g/mol. The average Bonchev–Trinajstić information content (AvgIpc) is 2.46. The van der Waals surface area contributed by atoms with Crippen LogP contribution < -0.4 is 9.86 Å². The summed E-state index contributed by atoms with van der Waals surface area (Å²) in [5, 5.41) is 6.37. The Morgan fingerprint density at radius 3 is 2.13 bits per heavy atom. The van der Waals surface area contributed by atoms with Gasteiger partial charge in [0, 0.05) is 10.7 Å². The van der Waals surface area contributed by atoms with Crippen LogP contribution in [0.3, 0.4) is 0 Å². The first-order valence-corrected chi connectivity index (χ1v) is 9.73. The maximum Gasteiger partial charge on any atom is 0.255 e. The molecule has 0 aliphatic rings. The van der Waals surface area contributed by atoms with Crippen molar-refractivity contribution in [3.05, 3.63) is 64.5 Å². The summed E-state index contributed by atoms with van der Waals surface area (Å²) in [6, 6.07) is 11.8. The van der Waals surface area contributed by atoms with Gasteiger partial charge in [0.2, 0.25) is 10.0 Å². The lowest BCUT2D eigenvalue weighted by Crippen LogP contribution is -2.12. The lowest BCUT2D eigenvalue weighted by atomic mass is 10.2. The predicted octanol–water partition coefficient (Wildman–Crippen LogP) is 2.40. The summed E-state index contributed by atoms with van der Waals surface area (Å²) in [4.78, 5) is -0.105. The van der Waals surface area contributed by atoms with E-state index in [1.54, 1.807) is 24.3 Å². The number of benzene rings is 2. The highest BCUT2D eigenvalue weighted by Crippen LogP contribution is 2.18. The topological polar surface area (TPSA) is 106 Å². The molecule has 0 radical (unpaired) electrons. The second kappa shape index (κ2) is 6.71. The minimum atomic E-state index is -3.82. The molecule has 0 amide bonds. The van der Waals surface area contributed by atoms with Crippen LogP contribution in [0.25, 0.3) is 6.08 Å². The lowest BCUT2D eigenvalue weighted by molar-refractivity contribution is 0.597. The SMILES string of the molecule is NS(=O)(=O)c1ccc(NS(=O)(=O)/C=C/c2ccccc2Cl)cc1. The Hall–Kier alpha value is -1.87. The number of nitrogens with two attached hydrogens (primary N) is 1. The van der Waals surface area contributed by atoms with Gasteiger partial charge < -0.3 is 0 Å². The molecule has 0 saturated carbocycles. The van der Waals surface area contributed by atoms with Crippen LogP contribution in [0, 0.1) is 0 Å². The van der Waals surface area contributed by atoms with Crippen LogP contribution in [0.5, 0.6) is 0 Å². The van der Waals surface area contributed by atoms with E-state index in [1.165, 1.54) is 30.3 Å². The van der Waals surface area contributed by atoms with Crippen LogP contribution in [-0.2, 0) is 20.0 Å². The summed E-state index contributed by atoms with van der Waals surface area (Å²) in [7, 11) is -7.59. The molecule has 0 aromatic heterocycles. The van der Waals surface area contributed by atoms with Gasteiger partial charge in [-0.25, -0.2) is 22.0 Å². The van der Waals surface area contributed by atoms with Crippen molar-refractivity contribution in [1.82, 2.24) is 0 Å². The molecule has 0 fully saturated rings. The van der Waals surface area contributed by atoms with Gasteiger partial charge in [-0.1, -0.05) is 29.8 Å². The summed E-state index contributed by atoms with van der Waals surface area (Å²) in [6.45, 7) is 0. The third kappa shape index (κ3) is 5.07. The number of halogens is 1. The van der Waals surface area contributed by atoms with Crippen LogP contribution in [0.4, 0.5) is 5.69 Å². The number of hydrogen-bond donors (Lipinski definition) is 2. The van der Waals surface area contributed by atoms with Crippen LogP contribution in [0.2, 0.25) is 5.02 Å². The van der Waals surface area contributed by atoms with E-state index >= 15 is 0 Å². The van der Waals surface area contributed by atoms with E-state index in [0.717, 1.165) is 5.41 Å². The van der Waals surface area contributed by atoms with Crippen molar-refractivity contribution in [2.75, 3.05) is 4.72 Å². The van der Waals surface area contributed by atoms with Gasteiger partial charge in [0.15, 0.2) is 0 Å². The summed E-state index contributed by atoms with van der Waals surface area (Å²) in [6.07, 6.45) is 1.36. The Labute approximate surface area is 139 Å². The van der Waals surface area contributed by atoms with Gasteiger partial charge >= 0.3 is 0 Å². The molecule has 0 heterocycles. The van der Waals surface area contributed by atoms with Gasteiger partial charge in [-0.15, -0.1) is 0 Å². The largest absolute Gasteiger partial charge is 0.280 e. The quantitative estimate of drug-likeness (QED) is 0.840. The number of anilines is 1. The Kier molecular flexibility index (Phi) is 5.10. The fraction of sp³-hybridized carbons (Fsp3) is 0. The van der Waals surface area contributed by atoms with Crippen molar-refractivity contribution in [3.8, 4) is 0 Å². The van der Waals surface area contributed by atoms with Gasteiger partial charge in [-0.3, -0.25) is 4.72 Å². The van der Waals surface area contributed by atoms with E-state index in [4.69, 9.17) is 16.7 Å². The molecule has 0 saturated heterocycles. The second-order valence-corrected chi connectivity index (χ2v) is 8.08. The zero-order valence-corrected chi connectivity index (χ0v) is 14.1. The summed E-state index contributed by atoms with van der Waals surface area (Å²) in [5.74, 6) is 0. The number of nitrogens with one attached hydrogen (secondary N) is 1. The van der Waals surface area contributed by atoms with Crippen LogP contribution >= 0.6 is 11.6 Å². The highest BCUT2D eigenvalue weighted by Gasteiger charge is 2.09. The molecule has 0 bridgehead atoms. The molecule has 2 aromatic rings. The van der Waals surface area contributed by atoms with Crippen molar-refractivity contribution in [2.45, 2.75) is 4.90 Å². The molecule has 122 valence electrons. The van der Waals surface area contributed by atoms with Crippen LogP contribution in [-0.4, -0.2) is 16.8 Å². The van der Waals surface area contributed by atoms with E-state index in [2.05, 4.69) is 4.72 Å². The molecule has 0 spiro atoms. The number of primary sulfonamides is 1. The number of hydrogen-bond acceptors (Lipinski definition) is 4. The van der Waals surface area contributed by atoms with Crippen molar-refractivity contribution in [1.29, 1.82) is 0 Å². The third-order valence-corrected chi connectivity index (χ3v) is 5.06. The van der Waals surface area contributed by atoms with Gasteiger partial charge in [-0.05, 0) is 42.0 Å². The van der Waals surface area contributed by atoms with Gasteiger partial charge in [0.25, 0.3) is 10.0 Å². The van der Waals surface area contributed by atoms with Crippen molar-refractivity contribution in [3.63, 3.8) is 0 Å². The Balaban J connectivity index is 2.17. The number of sulfonamides is 2. The summed E-state index contributed by atoms with van der Waals surface area (Å²) >= 11 is 5.94. The van der Waals surface area contributed by atoms with E-state index in [0.29, 0.717) is 10.6 Å². The molecule has 0 unspecified atom stereocenters. The van der Waals surface area contributed by atoms with E-state index in [-0.39, 0.29) is 10.6 Å². The average molecular weight is 373 g/mol. The lowest BCUT2D eigenvalue weighted by Gasteiger charge is -2.05. The smallest absolute Gasteiger partial charge is 0.255 e. The second-order valence-electron chi connectivity index (χ2n) is 4.54. The molecule has 0 atom stereocenters. The molecule has 2 rings (SSSR count). The molecule has 23 heavy (non-hydrogen) atoms. The minimum Gasteiger partial charge on any atom is -0.280 e. The van der Waals surface area contributed by atoms with Crippen LogP contribution in [0.15, 0.2) is 58.8 Å². The standard InChI is InChI=1S/C14H13ClN2O4S2/c15-14-4-2-1-3-11(14)9-10-22(18,19)17-12-5-7-13(8-6-12)23(16,20)21/h1-10,17H,(H2,16,20,21)/b10-9+. The molecule has 2 aromatic carbocycles. The van der Waals surface area contributed by atoms with Crippen molar-refractivity contribution in [2.24, 2.45) is 5.14 Å². The van der Waals surface area contributed by atoms with Crippen molar-refractivity contribution >= 4 is 43.4 Å². The third-order valence-electron chi connectivity index (χ3n) is 2.77. The van der Waals surface area contributed by atoms with Crippen molar-refractivity contribution < 1.29 is 16.8 Å². The monoisotopic (exact) mass is 372 g/mol. The Bertz CT molecular complexity index is 937. The van der Waals surface area contributed by atoms with E-state index in [1.807, 2.05) is 0 Å². The first-order chi connectivity index (χ1) is 10.7. The molecule has 0 aliphatic carbocycles. The fourth-order valence-corrected chi connectivity index (χ4v) is 3.26. The highest BCUT2D eigenvalue weighted by molar-refractivity contribution is 7.95. The Morgan fingerprint density at radius 2 is 1.57 bits per heavy atom. The first-order valence-electron chi connectivity index (χ1n) is 6.26. The molecule has 6 nitrogen and oxygen atoms in total. The summed E-state index contributed by atoms with van der Waals surface area (Å²) in [5.41, 5.74) is 0.769. The molecule has 0 aliphatic heterocycles. The fourth-order valence-electron chi connectivity index (χ4n) is 1.68. The predicted molar refractivity (Wildman–Crippen MR) is 90.8 cm³/mol. The van der Waals surface area contributed by atoms with Crippen LogP contribution in [0.1, 0.15) is 5.56 Å². The molecule has 3 N–H and O–H groups in total. The number of rotatable bonds is 5. The molecular formula is C14H13ClN2O4S2. The van der Waals surface area contributed by atoms with E-state index in [9.17, 15) is 16.8 Å².